The number of carbonyl (C=O) groups excluding carboxylic acids is 1. The van der Waals surface area contributed by atoms with Crippen LogP contribution >= 0.6 is 15.9 Å². The molecule has 1 aromatic carbocycles. The van der Waals surface area contributed by atoms with Crippen molar-refractivity contribution in [2.45, 2.75) is 13.3 Å². The van der Waals surface area contributed by atoms with E-state index in [0.29, 0.717) is 10.9 Å². The van der Waals surface area contributed by atoms with Crippen molar-refractivity contribution in [1.82, 2.24) is 0 Å². The third-order valence-corrected chi connectivity index (χ3v) is 2.32. The van der Waals surface area contributed by atoms with E-state index < -0.39 is 0 Å². The van der Waals surface area contributed by atoms with Crippen molar-refractivity contribution in [3.63, 3.8) is 0 Å². The molecule has 0 bridgehead atoms. The van der Waals surface area contributed by atoms with Gasteiger partial charge < -0.3 is 4.74 Å². The molecule has 14 heavy (non-hydrogen) atoms. The zero-order chi connectivity index (χ0) is 10.6. The molecule has 0 aromatic heterocycles. The van der Waals surface area contributed by atoms with E-state index >= 15 is 0 Å². The van der Waals surface area contributed by atoms with E-state index in [-0.39, 0.29) is 18.4 Å². The molecule has 4 heteroatoms. The molecule has 2 nitrogen and oxygen atoms in total. The Morgan fingerprint density at radius 3 is 2.86 bits per heavy atom. The lowest BCUT2D eigenvalue weighted by atomic mass is 10.1. The van der Waals surface area contributed by atoms with Crippen LogP contribution in [0.25, 0.3) is 0 Å². The zero-order valence-electron chi connectivity index (χ0n) is 7.72. The van der Waals surface area contributed by atoms with Gasteiger partial charge in [0, 0.05) is 13.3 Å². The van der Waals surface area contributed by atoms with E-state index in [4.69, 9.17) is 4.74 Å². The molecule has 0 aliphatic rings. The van der Waals surface area contributed by atoms with Crippen LogP contribution in [0.3, 0.4) is 0 Å². The Morgan fingerprint density at radius 2 is 2.29 bits per heavy atom. The first-order valence-electron chi connectivity index (χ1n) is 4.17. The Balaban J connectivity index is 2.51. The maximum Gasteiger partial charge on any atom is 0.302 e. The molecule has 1 rings (SSSR count). The molecule has 0 amide bonds. The van der Waals surface area contributed by atoms with Gasteiger partial charge in [0.1, 0.15) is 5.82 Å². The predicted octanol–water partition coefficient (Wildman–Crippen LogP) is 2.69. The lowest BCUT2D eigenvalue weighted by molar-refractivity contribution is -0.140. The monoisotopic (exact) mass is 260 g/mol. The van der Waals surface area contributed by atoms with Crippen LogP contribution in [0.5, 0.6) is 0 Å². The van der Waals surface area contributed by atoms with Gasteiger partial charge in [-0.15, -0.1) is 0 Å². The highest BCUT2D eigenvalue weighted by Gasteiger charge is 2.01. The molecule has 0 saturated carbocycles. The molecule has 0 atom stereocenters. The van der Waals surface area contributed by atoms with Crippen molar-refractivity contribution in [2.75, 3.05) is 6.61 Å². The highest BCUT2D eigenvalue weighted by atomic mass is 79.9. The number of esters is 1. The molecule has 0 aliphatic carbocycles. The van der Waals surface area contributed by atoms with Crippen molar-refractivity contribution in [3.05, 3.63) is 34.1 Å². The van der Waals surface area contributed by atoms with Gasteiger partial charge in [0.05, 0.1) is 11.1 Å². The maximum atomic E-state index is 13.0. The molecule has 76 valence electrons. The number of hydrogen-bond donors (Lipinski definition) is 0. The second kappa shape index (κ2) is 5.10. The topological polar surface area (TPSA) is 26.3 Å². The standard InChI is InChI=1S/C10H10BrFO2/c1-7(13)14-5-4-8-2-3-9(11)10(12)6-8/h2-3,6H,4-5H2,1H3. The van der Waals surface area contributed by atoms with E-state index in [9.17, 15) is 9.18 Å². The maximum absolute atomic E-state index is 13.0. The summed E-state index contributed by atoms with van der Waals surface area (Å²) in [7, 11) is 0. The molecule has 0 aliphatic heterocycles. The molecule has 0 fully saturated rings. The number of benzene rings is 1. The number of halogens is 2. The first-order valence-corrected chi connectivity index (χ1v) is 4.96. The van der Waals surface area contributed by atoms with E-state index in [2.05, 4.69) is 15.9 Å². The summed E-state index contributed by atoms with van der Waals surface area (Å²) in [5.74, 6) is -0.618. The van der Waals surface area contributed by atoms with Crippen LogP contribution in [0.2, 0.25) is 0 Å². The fraction of sp³-hybridized carbons (Fsp3) is 0.300. The Kier molecular flexibility index (Phi) is 4.07. The first kappa shape index (κ1) is 11.2. The lowest BCUT2D eigenvalue weighted by Gasteiger charge is -2.03. The van der Waals surface area contributed by atoms with E-state index in [1.165, 1.54) is 13.0 Å². The summed E-state index contributed by atoms with van der Waals surface area (Å²) in [6.07, 6.45) is 0.532. The summed E-state index contributed by atoms with van der Waals surface area (Å²) in [6.45, 7) is 1.64. The van der Waals surface area contributed by atoms with Crippen molar-refractivity contribution < 1.29 is 13.9 Å². The minimum Gasteiger partial charge on any atom is -0.466 e. The largest absolute Gasteiger partial charge is 0.466 e. The highest BCUT2D eigenvalue weighted by molar-refractivity contribution is 9.10. The van der Waals surface area contributed by atoms with Crippen LogP contribution in [-0.2, 0) is 16.0 Å². The fourth-order valence-electron chi connectivity index (χ4n) is 1.01. The molecule has 0 N–H and O–H groups in total. The molecule has 0 radical (unpaired) electrons. The Hall–Kier alpha value is -0.900. The predicted molar refractivity (Wildman–Crippen MR) is 54.4 cm³/mol. The second-order valence-electron chi connectivity index (χ2n) is 2.84. The summed E-state index contributed by atoms with van der Waals surface area (Å²) in [5.41, 5.74) is 0.812. The minimum atomic E-state index is -0.317. The summed E-state index contributed by atoms with van der Waals surface area (Å²) in [4.78, 5) is 10.5. The Morgan fingerprint density at radius 1 is 1.57 bits per heavy atom. The zero-order valence-corrected chi connectivity index (χ0v) is 9.30. The number of hydrogen-bond acceptors (Lipinski definition) is 2. The van der Waals surface area contributed by atoms with Gasteiger partial charge in [-0.2, -0.15) is 0 Å². The molecule has 0 unspecified atom stereocenters. The van der Waals surface area contributed by atoms with E-state index in [1.807, 2.05) is 0 Å². The van der Waals surface area contributed by atoms with Gasteiger partial charge >= 0.3 is 5.97 Å². The Labute approximate surface area is 90.2 Å². The first-order chi connectivity index (χ1) is 6.59. The van der Waals surface area contributed by atoms with Gasteiger partial charge in [-0.1, -0.05) is 6.07 Å². The molecule has 0 spiro atoms. The minimum absolute atomic E-state index is 0.288. The van der Waals surface area contributed by atoms with Crippen molar-refractivity contribution in [1.29, 1.82) is 0 Å². The van der Waals surface area contributed by atoms with Crippen LogP contribution in [0.15, 0.2) is 22.7 Å². The van der Waals surface area contributed by atoms with Gasteiger partial charge in [0.25, 0.3) is 0 Å². The second-order valence-corrected chi connectivity index (χ2v) is 3.69. The van der Waals surface area contributed by atoms with Crippen molar-refractivity contribution in [2.24, 2.45) is 0 Å². The van der Waals surface area contributed by atoms with Crippen LogP contribution in [0.4, 0.5) is 4.39 Å². The Bertz CT molecular complexity index is 339. The van der Waals surface area contributed by atoms with Crippen molar-refractivity contribution in [3.8, 4) is 0 Å². The van der Waals surface area contributed by atoms with Crippen LogP contribution in [0, 0.1) is 5.82 Å². The van der Waals surface area contributed by atoms with Gasteiger partial charge in [0.15, 0.2) is 0 Å². The van der Waals surface area contributed by atoms with Gasteiger partial charge in [-0.3, -0.25) is 4.79 Å². The quantitative estimate of drug-likeness (QED) is 0.782. The average Bonchev–Trinajstić information content (AvgIpc) is 2.10. The molecule has 0 saturated heterocycles. The SMILES string of the molecule is CC(=O)OCCc1ccc(Br)c(F)c1. The summed E-state index contributed by atoms with van der Waals surface area (Å²) in [5, 5.41) is 0. The fourth-order valence-corrected chi connectivity index (χ4v) is 1.25. The third-order valence-electron chi connectivity index (χ3n) is 1.68. The van der Waals surface area contributed by atoms with E-state index in [0.717, 1.165) is 5.56 Å². The highest BCUT2D eigenvalue weighted by Crippen LogP contribution is 2.16. The molecule has 0 heterocycles. The molecule has 1 aromatic rings. The van der Waals surface area contributed by atoms with Gasteiger partial charge in [0.2, 0.25) is 0 Å². The number of carbonyl (C=O) groups is 1. The molecular weight excluding hydrogens is 251 g/mol. The summed E-state index contributed by atoms with van der Waals surface area (Å²) >= 11 is 3.06. The van der Waals surface area contributed by atoms with Crippen LogP contribution in [0.1, 0.15) is 12.5 Å². The van der Waals surface area contributed by atoms with Gasteiger partial charge in [-0.25, -0.2) is 4.39 Å². The smallest absolute Gasteiger partial charge is 0.302 e. The average molecular weight is 261 g/mol. The normalized spacial score (nSPS) is 9.93. The van der Waals surface area contributed by atoms with Gasteiger partial charge in [-0.05, 0) is 33.6 Å². The number of rotatable bonds is 3. The van der Waals surface area contributed by atoms with E-state index in [1.54, 1.807) is 12.1 Å². The summed E-state index contributed by atoms with van der Waals surface area (Å²) < 4.78 is 18.2. The lowest BCUT2D eigenvalue weighted by Crippen LogP contribution is -2.03. The number of ether oxygens (including phenoxy) is 1. The summed E-state index contributed by atoms with van der Waals surface area (Å²) in [6, 6.07) is 4.85. The third kappa shape index (κ3) is 3.46. The van der Waals surface area contributed by atoms with Crippen LogP contribution in [-0.4, -0.2) is 12.6 Å². The van der Waals surface area contributed by atoms with Crippen molar-refractivity contribution >= 4 is 21.9 Å². The molecular formula is C10H10BrFO2. The van der Waals surface area contributed by atoms with Crippen LogP contribution < -0.4 is 0 Å².